The van der Waals surface area contributed by atoms with E-state index in [1.165, 1.54) is 23.5 Å². The summed E-state index contributed by atoms with van der Waals surface area (Å²) in [5.74, 6) is -0.791. The predicted molar refractivity (Wildman–Crippen MR) is 113 cm³/mol. The molecule has 1 N–H and O–H groups in total. The number of carbonyl (C=O) groups is 1. The van der Waals surface area contributed by atoms with Gasteiger partial charge in [0.2, 0.25) is 5.91 Å². The summed E-state index contributed by atoms with van der Waals surface area (Å²) in [6.45, 7) is 3.44. The Labute approximate surface area is 177 Å². The minimum atomic E-state index is -0.573. The summed E-state index contributed by atoms with van der Waals surface area (Å²) in [4.78, 5) is 26.3. The molecule has 1 amide bonds. The zero-order chi connectivity index (χ0) is 21.7. The molecule has 1 unspecified atom stereocenters. The fourth-order valence-corrected chi connectivity index (χ4v) is 4.12. The van der Waals surface area contributed by atoms with Gasteiger partial charge in [-0.15, -0.1) is 11.3 Å². The molecule has 30 heavy (non-hydrogen) atoms. The molecule has 6 nitrogen and oxygen atoms in total. The first-order valence-electron chi connectivity index (χ1n) is 9.59. The van der Waals surface area contributed by atoms with Crippen molar-refractivity contribution in [1.29, 1.82) is 5.26 Å². The minimum absolute atomic E-state index is 0.0329. The Hall–Kier alpha value is -3.31. The summed E-state index contributed by atoms with van der Waals surface area (Å²) in [7, 11) is 0. The van der Waals surface area contributed by atoms with Crippen molar-refractivity contribution in [1.82, 2.24) is 15.1 Å². The Morgan fingerprint density at radius 1 is 1.27 bits per heavy atom. The fourth-order valence-electron chi connectivity index (χ4n) is 3.31. The maximum Gasteiger partial charge on any atom is 0.285 e. The highest BCUT2D eigenvalue weighted by Gasteiger charge is 2.21. The van der Waals surface area contributed by atoms with E-state index in [1.54, 1.807) is 12.1 Å². The predicted octanol–water partition coefficient (Wildman–Crippen LogP) is 3.35. The minimum Gasteiger partial charge on any atom is -0.343 e. The van der Waals surface area contributed by atoms with Crippen LogP contribution in [0.4, 0.5) is 4.39 Å². The van der Waals surface area contributed by atoms with E-state index in [0.717, 1.165) is 15.1 Å². The number of halogens is 1. The Kier molecular flexibility index (Phi) is 6.75. The average molecular weight is 425 g/mol. The van der Waals surface area contributed by atoms with E-state index in [9.17, 15) is 19.2 Å². The van der Waals surface area contributed by atoms with Gasteiger partial charge in [-0.3, -0.25) is 9.59 Å². The number of aromatic nitrogens is 2. The zero-order valence-corrected chi connectivity index (χ0v) is 17.5. The number of hydrogen-bond acceptors (Lipinski definition) is 5. The fraction of sp³-hybridized carbons (Fsp3) is 0.273. The second kappa shape index (κ2) is 9.46. The van der Waals surface area contributed by atoms with Gasteiger partial charge < -0.3 is 5.32 Å². The van der Waals surface area contributed by atoms with Gasteiger partial charge in [-0.1, -0.05) is 32.0 Å². The standard InChI is InChI=1S/C22H21FN4O2S/c1-3-16-17(12-24)22(29)27(26-18(16)4-2)13-20(28)25-21(19-6-5-11-30-19)14-7-9-15(23)10-8-14/h5-11,21H,3-4,13H2,1-2H3,(H,25,28). The summed E-state index contributed by atoms with van der Waals surface area (Å²) in [6, 6.07) is 11.1. The topological polar surface area (TPSA) is 87.8 Å². The van der Waals surface area contributed by atoms with Gasteiger partial charge in [0.05, 0.1) is 11.7 Å². The number of aryl methyl sites for hydroxylation is 1. The van der Waals surface area contributed by atoms with Crippen molar-refractivity contribution >= 4 is 17.2 Å². The number of amides is 1. The Bertz CT molecular complexity index is 1130. The third kappa shape index (κ3) is 4.47. The lowest BCUT2D eigenvalue weighted by atomic mass is 10.0. The third-order valence-electron chi connectivity index (χ3n) is 4.77. The highest BCUT2D eigenvalue weighted by molar-refractivity contribution is 7.10. The van der Waals surface area contributed by atoms with Crippen LogP contribution >= 0.6 is 11.3 Å². The van der Waals surface area contributed by atoms with Crippen LogP contribution in [0, 0.1) is 17.1 Å². The molecule has 1 aromatic carbocycles. The van der Waals surface area contributed by atoms with E-state index < -0.39 is 17.5 Å². The molecule has 3 rings (SSSR count). The first-order valence-corrected chi connectivity index (χ1v) is 10.5. The normalized spacial score (nSPS) is 11.7. The lowest BCUT2D eigenvalue weighted by molar-refractivity contribution is -0.122. The van der Waals surface area contributed by atoms with Crippen molar-refractivity contribution < 1.29 is 9.18 Å². The lowest BCUT2D eigenvalue weighted by Crippen LogP contribution is -2.37. The number of nitrogens with one attached hydrogen (secondary N) is 1. The van der Waals surface area contributed by atoms with Crippen LogP contribution in [0.2, 0.25) is 0 Å². The zero-order valence-electron chi connectivity index (χ0n) is 16.7. The molecule has 2 heterocycles. The molecule has 0 radical (unpaired) electrons. The van der Waals surface area contributed by atoms with Gasteiger partial charge >= 0.3 is 0 Å². The molecule has 0 aliphatic heterocycles. The average Bonchev–Trinajstić information content (AvgIpc) is 3.28. The van der Waals surface area contributed by atoms with Crippen molar-refractivity contribution in [2.24, 2.45) is 0 Å². The van der Waals surface area contributed by atoms with E-state index in [0.29, 0.717) is 24.1 Å². The highest BCUT2D eigenvalue weighted by atomic mass is 32.1. The molecule has 154 valence electrons. The summed E-state index contributed by atoms with van der Waals surface area (Å²) >= 11 is 1.46. The summed E-state index contributed by atoms with van der Waals surface area (Å²) in [5.41, 5.74) is 1.45. The van der Waals surface area contributed by atoms with Gasteiger partial charge in [-0.25, -0.2) is 9.07 Å². The second-order valence-electron chi connectivity index (χ2n) is 6.65. The molecule has 0 fully saturated rings. The van der Waals surface area contributed by atoms with Gasteiger partial charge in [0.15, 0.2) is 0 Å². The lowest BCUT2D eigenvalue weighted by Gasteiger charge is -2.19. The number of nitrogens with zero attached hydrogens (tertiary/aromatic N) is 3. The summed E-state index contributed by atoms with van der Waals surface area (Å²) in [6.07, 6.45) is 1.07. The van der Waals surface area contributed by atoms with Crippen LogP contribution in [-0.2, 0) is 24.2 Å². The van der Waals surface area contributed by atoms with Crippen molar-refractivity contribution in [3.8, 4) is 6.07 Å². The van der Waals surface area contributed by atoms with Crippen molar-refractivity contribution in [2.75, 3.05) is 0 Å². The molecule has 0 spiro atoms. The molecule has 1 atom stereocenters. The maximum absolute atomic E-state index is 13.3. The number of benzene rings is 1. The molecule has 0 aliphatic carbocycles. The van der Waals surface area contributed by atoms with Crippen LogP contribution in [0.5, 0.6) is 0 Å². The van der Waals surface area contributed by atoms with E-state index in [2.05, 4.69) is 10.4 Å². The number of hydrogen-bond donors (Lipinski definition) is 1. The van der Waals surface area contributed by atoms with E-state index in [1.807, 2.05) is 37.4 Å². The Morgan fingerprint density at radius 2 is 2.00 bits per heavy atom. The third-order valence-corrected chi connectivity index (χ3v) is 5.71. The van der Waals surface area contributed by atoms with Gasteiger partial charge in [0, 0.05) is 4.88 Å². The molecular weight excluding hydrogens is 403 g/mol. The molecule has 0 saturated carbocycles. The van der Waals surface area contributed by atoms with Crippen LogP contribution in [-0.4, -0.2) is 15.7 Å². The Balaban J connectivity index is 1.90. The maximum atomic E-state index is 13.3. The van der Waals surface area contributed by atoms with Crippen molar-refractivity contribution in [2.45, 2.75) is 39.3 Å². The first-order chi connectivity index (χ1) is 14.5. The van der Waals surface area contributed by atoms with Crippen LogP contribution in [0.25, 0.3) is 0 Å². The first kappa shape index (κ1) is 21.4. The summed E-state index contributed by atoms with van der Waals surface area (Å²) in [5, 5.41) is 18.5. The van der Waals surface area contributed by atoms with Gasteiger partial charge in [0.1, 0.15) is 24.0 Å². The van der Waals surface area contributed by atoms with E-state index in [4.69, 9.17) is 0 Å². The van der Waals surface area contributed by atoms with Crippen LogP contribution in [0.1, 0.15) is 47.2 Å². The van der Waals surface area contributed by atoms with Crippen LogP contribution < -0.4 is 10.9 Å². The van der Waals surface area contributed by atoms with Gasteiger partial charge in [-0.05, 0) is 47.5 Å². The number of nitriles is 1. The molecule has 8 heteroatoms. The highest BCUT2D eigenvalue weighted by Crippen LogP contribution is 2.26. The smallest absolute Gasteiger partial charge is 0.285 e. The van der Waals surface area contributed by atoms with E-state index in [-0.39, 0.29) is 17.9 Å². The number of thiophene rings is 1. The van der Waals surface area contributed by atoms with Crippen LogP contribution in [0.3, 0.4) is 0 Å². The monoisotopic (exact) mass is 424 g/mol. The second-order valence-corrected chi connectivity index (χ2v) is 7.63. The summed E-state index contributed by atoms with van der Waals surface area (Å²) < 4.78 is 14.4. The van der Waals surface area contributed by atoms with Crippen molar-refractivity contribution in [3.05, 3.63) is 85.2 Å². The number of rotatable bonds is 7. The quantitative estimate of drug-likeness (QED) is 0.630. The SMILES string of the molecule is CCc1nn(CC(=O)NC(c2ccc(F)cc2)c2cccs2)c(=O)c(C#N)c1CC. The van der Waals surface area contributed by atoms with Crippen LogP contribution in [0.15, 0.2) is 46.6 Å². The van der Waals surface area contributed by atoms with Crippen molar-refractivity contribution in [3.63, 3.8) is 0 Å². The molecule has 0 aliphatic rings. The van der Waals surface area contributed by atoms with Gasteiger partial charge in [-0.2, -0.15) is 10.4 Å². The van der Waals surface area contributed by atoms with Gasteiger partial charge in [0.25, 0.3) is 5.56 Å². The molecule has 2 aromatic heterocycles. The molecular formula is C22H21FN4O2S. The molecule has 3 aromatic rings. The molecule has 0 saturated heterocycles. The number of carbonyl (C=O) groups excluding carboxylic acids is 1. The molecule has 0 bridgehead atoms. The van der Waals surface area contributed by atoms with E-state index >= 15 is 0 Å². The Morgan fingerprint density at radius 3 is 2.57 bits per heavy atom. The largest absolute Gasteiger partial charge is 0.343 e.